The minimum atomic E-state index is -0.891. The van der Waals surface area contributed by atoms with Crippen LogP contribution < -0.4 is 10.3 Å². The number of anilines is 3. The van der Waals surface area contributed by atoms with Crippen molar-refractivity contribution in [3.05, 3.63) is 107 Å². The average Bonchev–Trinajstić information content (AvgIpc) is 3.23. The van der Waals surface area contributed by atoms with Crippen LogP contribution in [0.3, 0.4) is 0 Å². The number of halogens is 2. The fourth-order valence-electron chi connectivity index (χ4n) is 4.46. The molecule has 0 bridgehead atoms. The number of phenols is 1. The molecule has 0 fully saturated rings. The zero-order valence-corrected chi connectivity index (χ0v) is 20.4. The summed E-state index contributed by atoms with van der Waals surface area (Å²) in [4.78, 5) is 26.0. The smallest absolute Gasteiger partial charge is 0.284 e. The van der Waals surface area contributed by atoms with Crippen molar-refractivity contribution < 1.29 is 23.5 Å². The molecule has 4 aromatic carbocycles. The third-order valence-corrected chi connectivity index (χ3v) is 6.43. The van der Waals surface area contributed by atoms with Gasteiger partial charge >= 0.3 is 0 Å². The van der Waals surface area contributed by atoms with Gasteiger partial charge < -0.3 is 5.11 Å². The number of phenolic OH excluding ortho intramolecular Hbond substituents is 1. The normalized spacial score (nSPS) is 13.6. The molecule has 4 aromatic rings. The average molecular weight is 512 g/mol. The highest BCUT2D eigenvalue weighted by Crippen LogP contribution is 2.39. The monoisotopic (exact) mass is 511 g/mol. The van der Waals surface area contributed by atoms with Gasteiger partial charge in [0, 0.05) is 16.8 Å². The molecule has 1 amide bonds. The van der Waals surface area contributed by atoms with Crippen molar-refractivity contribution in [2.75, 3.05) is 10.3 Å². The highest BCUT2D eigenvalue weighted by molar-refractivity contribution is 6.55. The number of nitrogens with zero attached hydrogens (tertiary/aromatic N) is 2. The second kappa shape index (κ2) is 10.3. The first kappa shape index (κ1) is 24.8. The topological polar surface area (TPSA) is 82.0 Å². The summed E-state index contributed by atoms with van der Waals surface area (Å²) >= 11 is 0. The van der Waals surface area contributed by atoms with Gasteiger partial charge in [0.15, 0.2) is 5.71 Å². The molecule has 0 saturated carbocycles. The lowest BCUT2D eigenvalue weighted by atomic mass is 10.0. The fourth-order valence-corrected chi connectivity index (χ4v) is 4.46. The van der Waals surface area contributed by atoms with E-state index < -0.39 is 18.4 Å². The van der Waals surface area contributed by atoms with E-state index in [4.69, 9.17) is 0 Å². The maximum absolute atomic E-state index is 15.2. The van der Waals surface area contributed by atoms with Gasteiger partial charge in [0.25, 0.3) is 5.91 Å². The molecule has 0 saturated heterocycles. The van der Waals surface area contributed by atoms with Crippen LogP contribution in [0.1, 0.15) is 34.0 Å². The number of benzene rings is 4. The number of aromatic hydroxyl groups is 1. The lowest BCUT2D eigenvalue weighted by Crippen LogP contribution is -2.26. The summed E-state index contributed by atoms with van der Waals surface area (Å²) in [5, 5.41) is 15.1. The van der Waals surface area contributed by atoms with E-state index >= 15 is 4.39 Å². The molecule has 0 atom stereocenters. The summed E-state index contributed by atoms with van der Waals surface area (Å²) < 4.78 is 28.7. The Kier molecular flexibility index (Phi) is 6.70. The molecule has 0 aromatic heterocycles. The van der Waals surface area contributed by atoms with Crippen molar-refractivity contribution in [1.29, 1.82) is 0 Å². The van der Waals surface area contributed by atoms with Gasteiger partial charge in [-0.3, -0.25) is 19.9 Å². The maximum Gasteiger partial charge on any atom is 0.284 e. The van der Waals surface area contributed by atoms with Gasteiger partial charge in [-0.1, -0.05) is 49.4 Å². The molecular formula is C30H23F2N3O3. The van der Waals surface area contributed by atoms with E-state index in [-0.39, 0.29) is 34.0 Å². The fraction of sp³-hybridized carbons (Fsp3) is 0.100. The van der Waals surface area contributed by atoms with E-state index in [0.29, 0.717) is 28.7 Å². The molecule has 8 heteroatoms. The van der Waals surface area contributed by atoms with Crippen molar-refractivity contribution in [2.45, 2.75) is 20.0 Å². The Labute approximate surface area is 217 Å². The quantitative estimate of drug-likeness (QED) is 0.168. The van der Waals surface area contributed by atoms with Crippen LogP contribution >= 0.6 is 0 Å². The van der Waals surface area contributed by atoms with Crippen molar-refractivity contribution >= 4 is 35.0 Å². The maximum atomic E-state index is 15.2. The minimum absolute atomic E-state index is 0.0615. The number of amides is 1. The van der Waals surface area contributed by atoms with Gasteiger partial charge in [-0.25, -0.2) is 8.78 Å². The van der Waals surface area contributed by atoms with E-state index in [9.17, 15) is 19.1 Å². The third kappa shape index (κ3) is 4.41. The van der Waals surface area contributed by atoms with Crippen LogP contribution in [0.25, 0.3) is 11.1 Å². The summed E-state index contributed by atoms with van der Waals surface area (Å²) in [6.07, 6.45) is 1.52. The molecule has 190 valence electrons. The van der Waals surface area contributed by atoms with Crippen LogP contribution in [0.4, 0.5) is 25.8 Å². The number of aldehydes is 1. The zero-order chi connectivity index (χ0) is 26.8. The molecule has 5 rings (SSSR count). The molecule has 0 radical (unpaired) electrons. The first-order chi connectivity index (χ1) is 18.4. The van der Waals surface area contributed by atoms with Crippen molar-refractivity contribution in [3.63, 3.8) is 0 Å². The molecule has 2 N–H and O–H groups in total. The molecular weight excluding hydrogens is 488 g/mol. The van der Waals surface area contributed by atoms with E-state index in [0.717, 1.165) is 18.1 Å². The van der Waals surface area contributed by atoms with Crippen LogP contribution in [0, 0.1) is 5.82 Å². The number of hydrazone groups is 1. The van der Waals surface area contributed by atoms with E-state index in [1.54, 1.807) is 54.6 Å². The van der Waals surface area contributed by atoms with Crippen LogP contribution in [0.15, 0.2) is 84.0 Å². The van der Waals surface area contributed by atoms with Gasteiger partial charge in [0.2, 0.25) is 0 Å². The molecule has 0 aliphatic carbocycles. The lowest BCUT2D eigenvalue weighted by Gasteiger charge is -2.18. The number of hydrogen-bond acceptors (Lipinski definition) is 5. The standard InChI is InChI=1S/C30H23F2N3O3/c1-2-18-9-11-22(12-10-18)35-26-15-20(16-31)14-24(32)27(26)28(30(35)38)34-33-25-8-4-7-23(29(25)37)21-6-3-5-19(13-21)17-36/h3-15,17,33,37H,2,16H2,1H3/b34-28-. The molecule has 0 spiro atoms. The van der Waals surface area contributed by atoms with Gasteiger partial charge in [0.1, 0.15) is 24.5 Å². The number of carbonyl (C=O) groups is 2. The number of nitrogens with one attached hydrogen (secondary N) is 1. The Morgan fingerprint density at radius 1 is 1.00 bits per heavy atom. The number of hydrogen-bond donors (Lipinski definition) is 2. The number of alkyl halides is 1. The summed E-state index contributed by atoms with van der Waals surface area (Å²) in [5.41, 5.74) is 5.93. The second-order valence-corrected chi connectivity index (χ2v) is 8.78. The van der Waals surface area contributed by atoms with Gasteiger partial charge in [0.05, 0.1) is 16.9 Å². The predicted molar refractivity (Wildman–Crippen MR) is 143 cm³/mol. The Morgan fingerprint density at radius 2 is 1.76 bits per heavy atom. The highest BCUT2D eigenvalue weighted by Gasteiger charge is 2.38. The molecule has 1 aliphatic rings. The first-order valence-corrected chi connectivity index (χ1v) is 12.0. The number of para-hydroxylation sites is 1. The number of rotatable bonds is 7. The number of carbonyl (C=O) groups excluding carboxylic acids is 2. The SMILES string of the molecule is CCc1ccc(N2C(=O)/C(=N\Nc3cccc(-c4cccc(C=O)c4)c3O)c3c(F)cc(CF)cc32)cc1. The van der Waals surface area contributed by atoms with Crippen molar-refractivity contribution in [2.24, 2.45) is 5.10 Å². The van der Waals surface area contributed by atoms with Gasteiger partial charge in [-0.2, -0.15) is 5.10 Å². The predicted octanol–water partition coefficient (Wildman–Crippen LogP) is 6.54. The Bertz CT molecular complexity index is 1580. The van der Waals surface area contributed by atoms with Crippen molar-refractivity contribution in [1.82, 2.24) is 0 Å². The van der Waals surface area contributed by atoms with Crippen molar-refractivity contribution in [3.8, 4) is 16.9 Å². The molecule has 0 unspecified atom stereocenters. The van der Waals surface area contributed by atoms with Gasteiger partial charge in [-0.05, 0) is 59.5 Å². The molecule has 38 heavy (non-hydrogen) atoms. The molecule has 1 aliphatic heterocycles. The number of aryl methyl sites for hydroxylation is 1. The summed E-state index contributed by atoms with van der Waals surface area (Å²) in [5.74, 6) is -1.54. The minimum Gasteiger partial charge on any atom is -0.505 e. The Hall–Kier alpha value is -4.85. The second-order valence-electron chi connectivity index (χ2n) is 8.78. The Morgan fingerprint density at radius 3 is 2.47 bits per heavy atom. The largest absolute Gasteiger partial charge is 0.505 e. The van der Waals surface area contributed by atoms with Crippen LogP contribution in [-0.4, -0.2) is 23.0 Å². The van der Waals surface area contributed by atoms with Crippen LogP contribution in [0.2, 0.25) is 0 Å². The lowest BCUT2D eigenvalue weighted by molar-refractivity contribution is -0.111. The number of fused-ring (bicyclic) bond motifs is 1. The first-order valence-electron chi connectivity index (χ1n) is 12.0. The Balaban J connectivity index is 1.56. The molecule has 6 nitrogen and oxygen atoms in total. The summed E-state index contributed by atoms with van der Waals surface area (Å²) in [6, 6.07) is 21.3. The summed E-state index contributed by atoms with van der Waals surface area (Å²) in [6.45, 7) is 1.12. The van der Waals surface area contributed by atoms with E-state index in [1.165, 1.54) is 11.0 Å². The van der Waals surface area contributed by atoms with E-state index in [1.807, 2.05) is 19.1 Å². The highest BCUT2D eigenvalue weighted by atomic mass is 19.1. The molecule has 1 heterocycles. The van der Waals surface area contributed by atoms with Crippen LogP contribution in [-0.2, 0) is 17.9 Å². The van der Waals surface area contributed by atoms with Crippen LogP contribution in [0.5, 0.6) is 5.75 Å². The third-order valence-electron chi connectivity index (χ3n) is 6.43. The van der Waals surface area contributed by atoms with Gasteiger partial charge in [-0.15, -0.1) is 0 Å². The van der Waals surface area contributed by atoms with E-state index in [2.05, 4.69) is 10.5 Å². The zero-order valence-electron chi connectivity index (χ0n) is 20.4. The summed E-state index contributed by atoms with van der Waals surface area (Å²) in [7, 11) is 0.